The average Bonchev–Trinajstić information content (AvgIpc) is 3.04. The van der Waals surface area contributed by atoms with Crippen LogP contribution in [0.2, 0.25) is 0 Å². The van der Waals surface area contributed by atoms with Gasteiger partial charge < -0.3 is 4.74 Å². The molecule has 0 aliphatic carbocycles. The maximum absolute atomic E-state index is 12.3. The molecule has 28 heavy (non-hydrogen) atoms. The lowest BCUT2D eigenvalue weighted by Gasteiger charge is -2.27. The van der Waals surface area contributed by atoms with Gasteiger partial charge in [-0.25, -0.2) is 13.8 Å². The third-order valence-corrected chi connectivity index (χ3v) is 6.97. The summed E-state index contributed by atoms with van der Waals surface area (Å²) in [5, 5.41) is 4.37. The fraction of sp³-hybridized carbons (Fsp3) is 0.333. The summed E-state index contributed by atoms with van der Waals surface area (Å²) >= 11 is 0. The number of carbonyl (C=O) groups is 1. The summed E-state index contributed by atoms with van der Waals surface area (Å²) in [6, 6.07) is 17.5. The van der Waals surface area contributed by atoms with Gasteiger partial charge in [-0.1, -0.05) is 42.5 Å². The number of nitrogens with zero attached hydrogens (tertiary/aromatic N) is 1. The molecule has 0 saturated carbocycles. The van der Waals surface area contributed by atoms with Gasteiger partial charge >= 0.3 is 0 Å². The van der Waals surface area contributed by atoms with Crippen molar-refractivity contribution in [3.8, 4) is 5.75 Å². The zero-order valence-electron chi connectivity index (χ0n) is 15.4. The molecule has 1 amide bonds. The Kier molecular flexibility index (Phi) is 5.17. The van der Waals surface area contributed by atoms with E-state index in [-0.39, 0.29) is 35.9 Å². The predicted molar refractivity (Wildman–Crippen MR) is 107 cm³/mol. The second-order valence-electron chi connectivity index (χ2n) is 7.28. The van der Waals surface area contributed by atoms with E-state index in [0.717, 1.165) is 22.6 Å². The van der Waals surface area contributed by atoms with Crippen molar-refractivity contribution in [1.82, 2.24) is 5.43 Å². The largest absolute Gasteiger partial charge is 0.485 e. The van der Waals surface area contributed by atoms with Gasteiger partial charge in [0.25, 0.3) is 0 Å². The third kappa shape index (κ3) is 4.25. The topological polar surface area (TPSA) is 84.8 Å². The van der Waals surface area contributed by atoms with Gasteiger partial charge in [-0.15, -0.1) is 0 Å². The monoisotopic (exact) mass is 398 g/mol. The molecular weight excluding hydrogens is 376 g/mol. The van der Waals surface area contributed by atoms with E-state index in [1.165, 1.54) is 0 Å². The maximum atomic E-state index is 12.3. The molecule has 1 N–H and O–H groups in total. The van der Waals surface area contributed by atoms with Crippen LogP contribution < -0.4 is 10.2 Å². The van der Waals surface area contributed by atoms with Crippen LogP contribution in [0.4, 0.5) is 0 Å². The number of hydrogen-bond acceptors (Lipinski definition) is 5. The van der Waals surface area contributed by atoms with E-state index in [1.807, 2.05) is 54.6 Å². The first-order chi connectivity index (χ1) is 13.5. The van der Waals surface area contributed by atoms with E-state index < -0.39 is 9.84 Å². The fourth-order valence-corrected chi connectivity index (χ4v) is 5.58. The average molecular weight is 398 g/mol. The smallest absolute Gasteiger partial charge is 0.240 e. The standard InChI is InChI=1S/C21H22N2O4S/c24-21(12-15-10-11-28(25,26)14-15)23-22-18-13-20(16-6-2-1-3-7-16)27-19-9-5-4-8-17(18)19/h1-9,15,20H,10-14H2,(H,23,24)/b22-18-. The molecule has 7 heteroatoms. The summed E-state index contributed by atoms with van der Waals surface area (Å²) in [5.41, 5.74) is 5.28. The summed E-state index contributed by atoms with van der Waals surface area (Å²) in [6.07, 6.45) is 1.08. The SMILES string of the molecule is O=C(CC1CCS(=O)(=O)C1)N/N=C1/CC(c2ccccc2)Oc2ccccc21. The molecule has 2 aromatic rings. The van der Waals surface area contributed by atoms with Gasteiger partial charge in [0.15, 0.2) is 9.84 Å². The Hall–Kier alpha value is -2.67. The van der Waals surface area contributed by atoms with Gasteiger partial charge in [-0.3, -0.25) is 4.79 Å². The predicted octanol–water partition coefficient (Wildman–Crippen LogP) is 2.86. The Morgan fingerprint density at radius 2 is 1.86 bits per heavy atom. The van der Waals surface area contributed by atoms with Gasteiger partial charge in [0, 0.05) is 18.4 Å². The van der Waals surface area contributed by atoms with E-state index in [9.17, 15) is 13.2 Å². The van der Waals surface area contributed by atoms with Crippen LogP contribution in [-0.2, 0) is 14.6 Å². The van der Waals surface area contributed by atoms with E-state index in [1.54, 1.807) is 0 Å². The Balaban J connectivity index is 1.49. The first kappa shape index (κ1) is 18.7. The number of ether oxygens (including phenoxy) is 1. The van der Waals surface area contributed by atoms with Crippen molar-refractivity contribution in [3.63, 3.8) is 0 Å². The fourth-order valence-electron chi connectivity index (χ4n) is 3.72. The highest BCUT2D eigenvalue weighted by Crippen LogP contribution is 2.35. The molecule has 0 radical (unpaired) electrons. The van der Waals surface area contributed by atoms with Crippen LogP contribution in [0, 0.1) is 5.92 Å². The number of hydrazone groups is 1. The number of nitrogens with one attached hydrogen (secondary N) is 1. The van der Waals surface area contributed by atoms with Gasteiger partial charge in [-0.2, -0.15) is 5.10 Å². The zero-order chi connectivity index (χ0) is 19.6. The van der Waals surface area contributed by atoms with Gasteiger partial charge in [0.05, 0.1) is 17.2 Å². The number of benzene rings is 2. The second kappa shape index (κ2) is 7.75. The number of rotatable bonds is 4. The minimum atomic E-state index is -2.99. The van der Waals surface area contributed by atoms with Crippen molar-refractivity contribution in [1.29, 1.82) is 0 Å². The highest BCUT2D eigenvalue weighted by Gasteiger charge is 2.30. The molecule has 1 fully saturated rings. The number of amides is 1. The second-order valence-corrected chi connectivity index (χ2v) is 9.51. The third-order valence-electron chi connectivity index (χ3n) is 5.13. The molecule has 0 bridgehead atoms. The van der Waals surface area contributed by atoms with Crippen LogP contribution in [0.3, 0.4) is 0 Å². The maximum Gasteiger partial charge on any atom is 0.240 e. The molecule has 2 unspecified atom stereocenters. The molecule has 2 aromatic carbocycles. The van der Waals surface area contributed by atoms with Gasteiger partial charge in [0.1, 0.15) is 11.9 Å². The van der Waals surface area contributed by atoms with Crippen LogP contribution in [0.25, 0.3) is 0 Å². The summed E-state index contributed by atoms with van der Waals surface area (Å²) < 4.78 is 29.3. The lowest BCUT2D eigenvalue weighted by atomic mass is 9.96. The quantitative estimate of drug-likeness (QED) is 0.803. The zero-order valence-corrected chi connectivity index (χ0v) is 16.2. The number of hydrogen-bond donors (Lipinski definition) is 1. The van der Waals surface area contributed by atoms with Crippen molar-refractivity contribution in [2.45, 2.75) is 25.4 Å². The summed E-state index contributed by atoms with van der Waals surface area (Å²) in [5.74, 6) is 0.615. The van der Waals surface area contributed by atoms with Crippen LogP contribution >= 0.6 is 0 Å². The molecule has 2 atom stereocenters. The molecule has 0 spiro atoms. The Bertz CT molecular complexity index is 1000. The van der Waals surface area contributed by atoms with E-state index in [4.69, 9.17) is 4.74 Å². The van der Waals surface area contributed by atoms with Crippen LogP contribution in [0.1, 0.15) is 36.5 Å². The molecule has 2 heterocycles. The molecule has 6 nitrogen and oxygen atoms in total. The minimum Gasteiger partial charge on any atom is -0.485 e. The van der Waals surface area contributed by atoms with Crippen molar-refractivity contribution in [3.05, 3.63) is 65.7 Å². The molecule has 0 aromatic heterocycles. The van der Waals surface area contributed by atoms with Crippen molar-refractivity contribution < 1.29 is 17.9 Å². The number of fused-ring (bicyclic) bond motifs is 1. The van der Waals surface area contributed by atoms with Crippen LogP contribution in [0.15, 0.2) is 59.7 Å². The Morgan fingerprint density at radius 1 is 1.11 bits per heavy atom. The molecular formula is C21H22N2O4S. The number of carbonyl (C=O) groups excluding carboxylic acids is 1. The summed E-state index contributed by atoms with van der Waals surface area (Å²) in [7, 11) is -2.99. The molecule has 146 valence electrons. The van der Waals surface area contributed by atoms with E-state index in [0.29, 0.717) is 12.8 Å². The number of sulfone groups is 1. The first-order valence-electron chi connectivity index (χ1n) is 9.37. The minimum absolute atomic E-state index is 0.0870. The van der Waals surface area contributed by atoms with Crippen LogP contribution in [-0.4, -0.2) is 31.5 Å². The van der Waals surface area contributed by atoms with E-state index >= 15 is 0 Å². The van der Waals surface area contributed by atoms with Crippen molar-refractivity contribution in [2.24, 2.45) is 11.0 Å². The Morgan fingerprint density at radius 3 is 2.61 bits per heavy atom. The van der Waals surface area contributed by atoms with Gasteiger partial charge in [0.2, 0.25) is 5.91 Å². The lowest BCUT2D eigenvalue weighted by Crippen LogP contribution is -2.26. The summed E-state index contributed by atoms with van der Waals surface area (Å²) in [4.78, 5) is 12.3. The molecule has 2 aliphatic heterocycles. The summed E-state index contributed by atoms with van der Waals surface area (Å²) in [6.45, 7) is 0. The molecule has 4 rings (SSSR count). The van der Waals surface area contributed by atoms with Crippen LogP contribution in [0.5, 0.6) is 5.75 Å². The van der Waals surface area contributed by atoms with Crippen molar-refractivity contribution >= 4 is 21.5 Å². The van der Waals surface area contributed by atoms with Crippen molar-refractivity contribution in [2.75, 3.05) is 11.5 Å². The molecule has 2 aliphatic rings. The Labute approximate surface area is 164 Å². The highest BCUT2D eigenvalue weighted by atomic mass is 32.2. The first-order valence-corrected chi connectivity index (χ1v) is 11.2. The number of para-hydroxylation sites is 1. The normalized spacial score (nSPS) is 24.4. The van der Waals surface area contributed by atoms with Gasteiger partial charge in [-0.05, 0) is 30.0 Å². The lowest BCUT2D eigenvalue weighted by molar-refractivity contribution is -0.121. The molecule has 1 saturated heterocycles. The van der Waals surface area contributed by atoms with E-state index in [2.05, 4.69) is 10.5 Å². The highest BCUT2D eigenvalue weighted by molar-refractivity contribution is 7.91.